The highest BCUT2D eigenvalue weighted by atomic mass is 35.5. The maximum Gasteiger partial charge on any atom is 0.141 e. The van der Waals surface area contributed by atoms with Gasteiger partial charge in [-0.3, -0.25) is 4.79 Å². The van der Waals surface area contributed by atoms with Crippen molar-refractivity contribution in [1.29, 1.82) is 0 Å². The van der Waals surface area contributed by atoms with Gasteiger partial charge in [-0.15, -0.1) is 0 Å². The van der Waals surface area contributed by atoms with E-state index in [1.165, 1.54) is 12.1 Å². The Kier molecular flexibility index (Phi) is 4.33. The molecule has 0 bridgehead atoms. The number of rotatable bonds is 4. The van der Waals surface area contributed by atoms with Crippen LogP contribution >= 0.6 is 11.6 Å². The predicted molar refractivity (Wildman–Crippen MR) is 75.0 cm³/mol. The van der Waals surface area contributed by atoms with Crippen LogP contribution in [0, 0.1) is 12.7 Å². The van der Waals surface area contributed by atoms with Crippen molar-refractivity contribution in [2.75, 3.05) is 0 Å². The Morgan fingerprint density at radius 2 is 1.79 bits per heavy atom. The predicted octanol–water partition coefficient (Wildman–Crippen LogP) is 4.14. The first kappa shape index (κ1) is 13.8. The summed E-state index contributed by atoms with van der Waals surface area (Å²) in [5, 5.41) is 0.650. The SMILES string of the molecule is Cc1ccc(F)cc1CC(=O)Cc1ccc(Cl)cc1. The molecule has 0 saturated carbocycles. The van der Waals surface area contributed by atoms with Gasteiger partial charge in [0.1, 0.15) is 11.6 Å². The standard InChI is InChI=1S/C16H14ClFO/c1-11-2-7-15(18)9-13(11)10-16(19)8-12-3-5-14(17)6-4-12/h2-7,9H,8,10H2,1H3. The number of hydrogen-bond acceptors (Lipinski definition) is 1. The Bertz CT molecular complexity index is 590. The lowest BCUT2D eigenvalue weighted by atomic mass is 9.99. The summed E-state index contributed by atoms with van der Waals surface area (Å²) < 4.78 is 13.1. The van der Waals surface area contributed by atoms with E-state index in [0.29, 0.717) is 11.4 Å². The van der Waals surface area contributed by atoms with Crippen LogP contribution in [-0.2, 0) is 17.6 Å². The molecule has 0 aromatic heterocycles. The molecule has 0 aliphatic rings. The summed E-state index contributed by atoms with van der Waals surface area (Å²) in [4.78, 5) is 12.0. The maximum atomic E-state index is 13.1. The number of aryl methyl sites for hydroxylation is 1. The van der Waals surface area contributed by atoms with Gasteiger partial charge in [0.25, 0.3) is 0 Å². The van der Waals surface area contributed by atoms with Crippen LogP contribution in [0.15, 0.2) is 42.5 Å². The van der Waals surface area contributed by atoms with E-state index in [2.05, 4.69) is 0 Å². The van der Waals surface area contributed by atoms with Gasteiger partial charge in [-0.2, -0.15) is 0 Å². The highest BCUT2D eigenvalue weighted by Crippen LogP contribution is 2.14. The molecule has 0 atom stereocenters. The van der Waals surface area contributed by atoms with Crippen LogP contribution in [0.3, 0.4) is 0 Å². The highest BCUT2D eigenvalue weighted by Gasteiger charge is 2.08. The number of benzene rings is 2. The first-order valence-electron chi connectivity index (χ1n) is 6.06. The lowest BCUT2D eigenvalue weighted by Crippen LogP contribution is -2.07. The molecule has 0 spiro atoms. The second kappa shape index (κ2) is 5.98. The Morgan fingerprint density at radius 1 is 1.11 bits per heavy atom. The molecular weight excluding hydrogens is 263 g/mol. The first-order chi connectivity index (χ1) is 9.04. The quantitative estimate of drug-likeness (QED) is 0.820. The van der Waals surface area contributed by atoms with Gasteiger partial charge in [0.15, 0.2) is 0 Å². The summed E-state index contributed by atoms with van der Waals surface area (Å²) in [5.41, 5.74) is 2.60. The van der Waals surface area contributed by atoms with Crippen LogP contribution in [0.4, 0.5) is 4.39 Å². The first-order valence-corrected chi connectivity index (χ1v) is 6.43. The van der Waals surface area contributed by atoms with Crippen LogP contribution < -0.4 is 0 Å². The highest BCUT2D eigenvalue weighted by molar-refractivity contribution is 6.30. The summed E-state index contributed by atoms with van der Waals surface area (Å²) in [6.45, 7) is 1.88. The second-order valence-corrected chi connectivity index (χ2v) is 5.03. The van der Waals surface area contributed by atoms with Crippen LogP contribution in [0.2, 0.25) is 5.02 Å². The van der Waals surface area contributed by atoms with E-state index in [9.17, 15) is 9.18 Å². The van der Waals surface area contributed by atoms with Crippen molar-refractivity contribution in [2.24, 2.45) is 0 Å². The fraction of sp³-hybridized carbons (Fsp3) is 0.188. The molecule has 0 aliphatic heterocycles. The van der Waals surface area contributed by atoms with Gasteiger partial charge in [-0.1, -0.05) is 29.8 Å². The smallest absolute Gasteiger partial charge is 0.141 e. The van der Waals surface area contributed by atoms with Crippen LogP contribution in [0.5, 0.6) is 0 Å². The Morgan fingerprint density at radius 3 is 2.47 bits per heavy atom. The van der Waals surface area contributed by atoms with Crippen molar-refractivity contribution < 1.29 is 9.18 Å². The van der Waals surface area contributed by atoms with Crippen molar-refractivity contribution in [3.63, 3.8) is 0 Å². The zero-order chi connectivity index (χ0) is 13.8. The molecule has 2 aromatic rings. The van der Waals surface area contributed by atoms with Crippen molar-refractivity contribution in [3.8, 4) is 0 Å². The van der Waals surface area contributed by atoms with Gasteiger partial charge in [-0.25, -0.2) is 4.39 Å². The van der Waals surface area contributed by atoms with Gasteiger partial charge in [0.05, 0.1) is 0 Å². The largest absolute Gasteiger partial charge is 0.299 e. The van der Waals surface area contributed by atoms with E-state index in [1.54, 1.807) is 18.2 Å². The number of ketones is 1. The molecule has 1 nitrogen and oxygen atoms in total. The van der Waals surface area contributed by atoms with E-state index < -0.39 is 0 Å². The molecular formula is C16H14ClFO. The molecule has 19 heavy (non-hydrogen) atoms. The number of Topliss-reactive ketones (excluding diaryl/α,β-unsaturated/α-hetero) is 1. The fourth-order valence-electron chi connectivity index (χ4n) is 1.94. The minimum Gasteiger partial charge on any atom is -0.299 e. The molecule has 0 saturated heterocycles. The summed E-state index contributed by atoms with van der Waals surface area (Å²) in [5.74, 6) is -0.240. The van der Waals surface area contributed by atoms with Gasteiger partial charge >= 0.3 is 0 Å². The minimum absolute atomic E-state index is 0.0658. The molecule has 0 aliphatic carbocycles. The van der Waals surface area contributed by atoms with Crippen molar-refractivity contribution in [3.05, 3.63) is 70.0 Å². The van der Waals surface area contributed by atoms with Crippen molar-refractivity contribution >= 4 is 17.4 Å². The second-order valence-electron chi connectivity index (χ2n) is 4.59. The molecule has 2 rings (SSSR count). The van der Waals surface area contributed by atoms with Gasteiger partial charge in [0.2, 0.25) is 0 Å². The lowest BCUT2D eigenvalue weighted by Gasteiger charge is -2.06. The molecule has 0 fully saturated rings. The van der Waals surface area contributed by atoms with Crippen molar-refractivity contribution in [1.82, 2.24) is 0 Å². The molecule has 0 unspecified atom stereocenters. The molecule has 0 radical (unpaired) electrons. The van der Waals surface area contributed by atoms with Crippen LogP contribution in [0.25, 0.3) is 0 Å². The number of carbonyl (C=O) groups excluding carboxylic acids is 1. The maximum absolute atomic E-state index is 13.1. The topological polar surface area (TPSA) is 17.1 Å². The summed E-state index contributed by atoms with van der Waals surface area (Å²) >= 11 is 5.79. The third-order valence-corrected chi connectivity index (χ3v) is 3.27. The van der Waals surface area contributed by atoms with Gasteiger partial charge in [0, 0.05) is 17.9 Å². The lowest BCUT2D eigenvalue weighted by molar-refractivity contribution is -0.117. The molecule has 0 N–H and O–H groups in total. The van der Waals surface area contributed by atoms with Crippen molar-refractivity contribution in [2.45, 2.75) is 19.8 Å². The van der Waals surface area contributed by atoms with E-state index >= 15 is 0 Å². The third-order valence-electron chi connectivity index (χ3n) is 3.01. The van der Waals surface area contributed by atoms with Crippen LogP contribution in [-0.4, -0.2) is 5.78 Å². The zero-order valence-electron chi connectivity index (χ0n) is 10.6. The van der Waals surface area contributed by atoms with Gasteiger partial charge < -0.3 is 0 Å². The molecule has 0 heterocycles. The number of halogens is 2. The van der Waals surface area contributed by atoms with Crippen LogP contribution in [0.1, 0.15) is 16.7 Å². The van der Waals surface area contributed by atoms with E-state index in [0.717, 1.165) is 16.7 Å². The monoisotopic (exact) mass is 276 g/mol. The Balaban J connectivity index is 2.05. The average Bonchev–Trinajstić information content (AvgIpc) is 2.37. The summed E-state index contributed by atoms with van der Waals surface area (Å²) in [7, 11) is 0. The number of hydrogen-bond donors (Lipinski definition) is 0. The van der Waals surface area contributed by atoms with Gasteiger partial charge in [-0.05, 0) is 47.9 Å². The fourth-order valence-corrected chi connectivity index (χ4v) is 2.06. The summed E-state index contributed by atoms with van der Waals surface area (Å²) in [6, 6.07) is 11.7. The molecule has 98 valence electrons. The Labute approximate surface area is 117 Å². The third kappa shape index (κ3) is 3.90. The minimum atomic E-state index is -0.306. The number of carbonyl (C=O) groups is 1. The average molecular weight is 277 g/mol. The zero-order valence-corrected chi connectivity index (χ0v) is 11.4. The molecule has 3 heteroatoms. The normalized spacial score (nSPS) is 10.5. The molecule has 2 aromatic carbocycles. The Hall–Kier alpha value is -1.67. The molecule has 0 amide bonds. The summed E-state index contributed by atoms with van der Waals surface area (Å²) in [6.07, 6.45) is 0.597. The van der Waals surface area contributed by atoms with E-state index in [-0.39, 0.29) is 18.0 Å². The van der Waals surface area contributed by atoms with E-state index in [1.807, 2.05) is 19.1 Å². The van der Waals surface area contributed by atoms with E-state index in [4.69, 9.17) is 11.6 Å².